The van der Waals surface area contributed by atoms with Crippen LogP contribution < -0.4 is 9.84 Å². The van der Waals surface area contributed by atoms with E-state index in [2.05, 4.69) is 0 Å². The van der Waals surface area contributed by atoms with Crippen molar-refractivity contribution in [1.82, 2.24) is 4.90 Å². The SMILES string of the molecule is COC(=O)C[C@H]1[C@@H](c2ccccc2OC)CN(C(=O)OCc2ccccc2)[C@]1(C)C(=O)[O-]. The van der Waals surface area contributed by atoms with E-state index in [1.54, 1.807) is 36.4 Å². The van der Waals surface area contributed by atoms with Crippen molar-refractivity contribution in [3.63, 3.8) is 0 Å². The quantitative estimate of drug-likeness (QED) is 0.607. The van der Waals surface area contributed by atoms with Crippen molar-refractivity contribution < 1.29 is 33.7 Å². The van der Waals surface area contributed by atoms with Crippen LogP contribution in [-0.4, -0.2) is 49.2 Å². The smallest absolute Gasteiger partial charge is 0.410 e. The summed E-state index contributed by atoms with van der Waals surface area (Å²) in [5.74, 6) is -2.85. The topological polar surface area (TPSA) is 105 Å². The number of amides is 1. The molecular weight excluding hydrogens is 414 g/mol. The number of aliphatic carboxylic acids is 1. The number of carbonyl (C=O) groups excluding carboxylic acids is 3. The Morgan fingerprint density at radius 2 is 1.72 bits per heavy atom. The molecule has 0 spiro atoms. The van der Waals surface area contributed by atoms with Crippen LogP contribution in [0.3, 0.4) is 0 Å². The molecular formula is C24H26NO7-. The Bertz CT molecular complexity index is 977. The summed E-state index contributed by atoms with van der Waals surface area (Å²) in [5, 5.41) is 12.4. The highest BCUT2D eigenvalue weighted by atomic mass is 16.6. The van der Waals surface area contributed by atoms with E-state index in [9.17, 15) is 19.5 Å². The predicted octanol–water partition coefficient (Wildman–Crippen LogP) is 2.12. The number of methoxy groups -OCH3 is 2. The predicted molar refractivity (Wildman–Crippen MR) is 113 cm³/mol. The molecule has 0 N–H and O–H groups in total. The second-order valence-corrected chi connectivity index (χ2v) is 7.82. The molecule has 0 radical (unpaired) electrons. The zero-order valence-electron chi connectivity index (χ0n) is 18.3. The molecule has 2 aromatic carbocycles. The average Bonchev–Trinajstić information content (AvgIpc) is 3.11. The first-order valence-electron chi connectivity index (χ1n) is 10.2. The van der Waals surface area contributed by atoms with Gasteiger partial charge in [0.2, 0.25) is 0 Å². The number of ether oxygens (including phenoxy) is 3. The molecule has 1 amide bonds. The zero-order chi connectivity index (χ0) is 23.3. The number of carboxylic acid groups (broad SMARTS) is 1. The van der Waals surface area contributed by atoms with Gasteiger partial charge in [0.1, 0.15) is 12.4 Å². The fourth-order valence-corrected chi connectivity index (χ4v) is 4.32. The van der Waals surface area contributed by atoms with Crippen molar-refractivity contribution in [1.29, 1.82) is 0 Å². The molecule has 8 nitrogen and oxygen atoms in total. The van der Waals surface area contributed by atoms with Gasteiger partial charge in [0.15, 0.2) is 0 Å². The first-order valence-corrected chi connectivity index (χ1v) is 10.2. The zero-order valence-corrected chi connectivity index (χ0v) is 18.3. The Kier molecular flexibility index (Phi) is 7.02. The Labute approximate surface area is 186 Å². The minimum absolute atomic E-state index is 0.0136. The number of rotatable bonds is 7. The third-order valence-electron chi connectivity index (χ3n) is 6.14. The van der Waals surface area contributed by atoms with Crippen LogP contribution in [-0.2, 0) is 25.7 Å². The van der Waals surface area contributed by atoms with E-state index in [1.807, 2.05) is 18.2 Å². The molecule has 2 aromatic rings. The summed E-state index contributed by atoms with van der Waals surface area (Å²) in [6.07, 6.45) is -1.01. The maximum absolute atomic E-state index is 13.0. The summed E-state index contributed by atoms with van der Waals surface area (Å²) >= 11 is 0. The molecule has 0 saturated carbocycles. The van der Waals surface area contributed by atoms with Gasteiger partial charge in [-0.25, -0.2) is 4.79 Å². The Morgan fingerprint density at radius 3 is 2.34 bits per heavy atom. The summed E-state index contributed by atoms with van der Waals surface area (Å²) in [7, 11) is 2.74. The lowest BCUT2D eigenvalue weighted by Crippen LogP contribution is -2.60. The van der Waals surface area contributed by atoms with Crippen LogP contribution in [0.2, 0.25) is 0 Å². The van der Waals surface area contributed by atoms with E-state index in [0.29, 0.717) is 11.3 Å². The van der Waals surface area contributed by atoms with E-state index in [-0.39, 0.29) is 19.6 Å². The van der Waals surface area contributed by atoms with Crippen LogP contribution in [0.1, 0.15) is 30.4 Å². The van der Waals surface area contributed by atoms with Crippen LogP contribution in [0, 0.1) is 5.92 Å². The summed E-state index contributed by atoms with van der Waals surface area (Å²) in [5.41, 5.74) is -0.342. The van der Waals surface area contributed by atoms with Gasteiger partial charge >= 0.3 is 12.1 Å². The number of carbonyl (C=O) groups is 3. The van der Waals surface area contributed by atoms with Gasteiger partial charge < -0.3 is 24.1 Å². The van der Waals surface area contributed by atoms with E-state index in [0.717, 1.165) is 10.5 Å². The van der Waals surface area contributed by atoms with E-state index >= 15 is 0 Å². The maximum atomic E-state index is 13.0. The highest BCUT2D eigenvalue weighted by Crippen LogP contribution is 2.48. The number of hydrogen-bond donors (Lipinski definition) is 0. The number of likely N-dealkylation sites (tertiary alicyclic amines) is 1. The Balaban J connectivity index is 1.98. The molecule has 0 unspecified atom stereocenters. The van der Waals surface area contributed by atoms with Crippen LogP contribution in [0.25, 0.3) is 0 Å². The van der Waals surface area contributed by atoms with Crippen LogP contribution in [0.5, 0.6) is 5.75 Å². The maximum Gasteiger partial charge on any atom is 0.410 e. The molecule has 32 heavy (non-hydrogen) atoms. The molecule has 3 atom stereocenters. The summed E-state index contributed by atoms with van der Waals surface area (Å²) < 4.78 is 15.7. The van der Waals surface area contributed by atoms with Crippen LogP contribution in [0.4, 0.5) is 4.79 Å². The van der Waals surface area contributed by atoms with Gasteiger partial charge in [-0.15, -0.1) is 0 Å². The number of carboxylic acids is 1. The van der Waals surface area contributed by atoms with E-state index in [1.165, 1.54) is 21.1 Å². The van der Waals surface area contributed by atoms with Gasteiger partial charge in [0.05, 0.1) is 32.1 Å². The van der Waals surface area contributed by atoms with Gasteiger partial charge in [-0.05, 0) is 24.1 Å². The number of benzene rings is 2. The lowest BCUT2D eigenvalue weighted by Gasteiger charge is -2.39. The van der Waals surface area contributed by atoms with Crippen molar-refractivity contribution in [2.75, 3.05) is 20.8 Å². The fraction of sp³-hybridized carbons (Fsp3) is 0.375. The van der Waals surface area contributed by atoms with Crippen molar-refractivity contribution in [2.24, 2.45) is 5.92 Å². The van der Waals surface area contributed by atoms with Gasteiger partial charge in [-0.2, -0.15) is 0 Å². The Hall–Kier alpha value is -3.55. The molecule has 1 aliphatic rings. The van der Waals surface area contributed by atoms with E-state index in [4.69, 9.17) is 14.2 Å². The average molecular weight is 440 g/mol. The minimum Gasteiger partial charge on any atom is -0.548 e. The van der Waals surface area contributed by atoms with Crippen molar-refractivity contribution in [2.45, 2.75) is 31.4 Å². The third kappa shape index (κ3) is 4.39. The van der Waals surface area contributed by atoms with Crippen LogP contribution in [0.15, 0.2) is 54.6 Å². The molecule has 1 aliphatic heterocycles. The number of hydrogen-bond acceptors (Lipinski definition) is 7. The second-order valence-electron chi connectivity index (χ2n) is 7.82. The standard InChI is InChI=1S/C24H27NO7/c1-24(22(27)28)19(13-21(26)31-3)18(17-11-7-8-12-20(17)30-2)14-25(24)23(29)32-15-16-9-5-4-6-10-16/h4-12,18-19H,13-15H2,1-3H3,(H,27,28)/p-1/t18-,19+,24+/m1/s1. The minimum atomic E-state index is -1.80. The molecule has 1 heterocycles. The highest BCUT2D eigenvalue weighted by molar-refractivity contribution is 5.85. The third-order valence-corrected chi connectivity index (χ3v) is 6.14. The first kappa shape index (κ1) is 23.1. The number of para-hydroxylation sites is 1. The number of nitrogens with zero attached hydrogens (tertiary/aromatic N) is 1. The van der Waals surface area contributed by atoms with Crippen molar-refractivity contribution in [3.8, 4) is 5.75 Å². The summed E-state index contributed by atoms with van der Waals surface area (Å²) in [4.78, 5) is 38.7. The monoisotopic (exact) mass is 440 g/mol. The normalized spacial score (nSPS) is 22.3. The van der Waals surface area contributed by atoms with Gasteiger partial charge in [0, 0.05) is 18.4 Å². The second kappa shape index (κ2) is 9.72. The van der Waals surface area contributed by atoms with Gasteiger partial charge in [-0.3, -0.25) is 9.69 Å². The summed E-state index contributed by atoms with van der Waals surface area (Å²) in [6.45, 7) is 1.38. The van der Waals surface area contributed by atoms with Gasteiger partial charge in [0.25, 0.3) is 0 Å². The highest BCUT2D eigenvalue weighted by Gasteiger charge is 2.55. The molecule has 0 aliphatic carbocycles. The Morgan fingerprint density at radius 1 is 1.06 bits per heavy atom. The lowest BCUT2D eigenvalue weighted by molar-refractivity contribution is -0.318. The van der Waals surface area contributed by atoms with Gasteiger partial charge in [-0.1, -0.05) is 48.5 Å². The lowest BCUT2D eigenvalue weighted by atomic mass is 9.76. The molecule has 0 bridgehead atoms. The first-order chi connectivity index (χ1) is 15.3. The summed E-state index contributed by atoms with van der Waals surface area (Å²) in [6, 6.07) is 16.2. The largest absolute Gasteiger partial charge is 0.548 e. The molecule has 1 fully saturated rings. The van der Waals surface area contributed by atoms with E-state index < -0.39 is 35.4 Å². The van der Waals surface area contributed by atoms with Crippen molar-refractivity contribution in [3.05, 3.63) is 65.7 Å². The molecule has 0 aromatic heterocycles. The molecule has 3 rings (SSSR count). The van der Waals surface area contributed by atoms with Crippen molar-refractivity contribution >= 4 is 18.0 Å². The molecule has 8 heteroatoms. The van der Waals surface area contributed by atoms with Crippen LogP contribution >= 0.6 is 0 Å². The number of esters is 1. The molecule has 170 valence electrons. The molecule has 1 saturated heterocycles. The fourth-order valence-electron chi connectivity index (χ4n) is 4.32.